The van der Waals surface area contributed by atoms with Gasteiger partial charge in [-0.25, -0.2) is 19.6 Å². The molecule has 2 amide bonds. The van der Waals surface area contributed by atoms with Crippen LogP contribution >= 0.6 is 0 Å². The summed E-state index contributed by atoms with van der Waals surface area (Å²) in [5, 5.41) is 2.30. The summed E-state index contributed by atoms with van der Waals surface area (Å²) in [6, 6.07) is 21.9. The fourth-order valence-corrected chi connectivity index (χ4v) is 8.66. The van der Waals surface area contributed by atoms with E-state index in [0.29, 0.717) is 11.8 Å². The van der Waals surface area contributed by atoms with Crippen LogP contribution in [0.3, 0.4) is 0 Å². The van der Waals surface area contributed by atoms with E-state index in [-0.39, 0.29) is 36.4 Å². The van der Waals surface area contributed by atoms with Gasteiger partial charge in [0.2, 0.25) is 0 Å². The Morgan fingerprint density at radius 1 is 0.604 bits per heavy atom. The lowest BCUT2D eigenvalue weighted by atomic mass is 9.80. The molecule has 53 heavy (non-hydrogen) atoms. The first-order valence-electron chi connectivity index (χ1n) is 19.1. The third-order valence-electron chi connectivity index (χ3n) is 11.4. The highest BCUT2D eigenvalue weighted by Crippen LogP contribution is 2.54. The molecule has 2 saturated carbocycles. The first-order chi connectivity index (χ1) is 25.3. The molecule has 2 aliphatic carbocycles. The minimum Gasteiger partial charge on any atom is -0.444 e. The Bertz CT molecular complexity index is 2210. The Balaban J connectivity index is 0.894. The van der Waals surface area contributed by atoms with E-state index in [4.69, 9.17) is 19.4 Å². The number of imidazole rings is 2. The molecular formula is C43H48N6O4. The molecule has 9 rings (SSSR count). The highest BCUT2D eigenvalue weighted by molar-refractivity contribution is 5.90. The molecule has 6 atom stereocenters. The number of benzene rings is 3. The number of carbonyl (C=O) groups is 2. The highest BCUT2D eigenvalue weighted by atomic mass is 16.6. The molecule has 0 radical (unpaired) electrons. The van der Waals surface area contributed by atoms with Crippen LogP contribution in [0.15, 0.2) is 73.1 Å². The zero-order valence-corrected chi connectivity index (χ0v) is 31.3. The predicted octanol–water partition coefficient (Wildman–Crippen LogP) is 9.82. The second-order valence-corrected chi connectivity index (χ2v) is 17.5. The van der Waals surface area contributed by atoms with Crippen LogP contribution in [0, 0.1) is 11.8 Å². The molecule has 1 unspecified atom stereocenters. The summed E-state index contributed by atoms with van der Waals surface area (Å²) in [6.45, 7) is 11.5. The smallest absolute Gasteiger partial charge is 0.411 e. The number of carbonyl (C=O) groups excluding carboxylic acids is 2. The number of likely N-dealkylation sites (tertiary alicyclic amines) is 2. The normalized spacial score (nSPS) is 24.9. The van der Waals surface area contributed by atoms with Gasteiger partial charge in [-0.1, -0.05) is 48.5 Å². The second kappa shape index (κ2) is 12.2. The number of amides is 2. The van der Waals surface area contributed by atoms with Gasteiger partial charge in [0.25, 0.3) is 0 Å². The largest absolute Gasteiger partial charge is 0.444 e. The van der Waals surface area contributed by atoms with E-state index in [2.05, 4.69) is 70.6 Å². The second-order valence-electron chi connectivity index (χ2n) is 17.5. The van der Waals surface area contributed by atoms with Gasteiger partial charge < -0.3 is 19.4 Å². The topological polar surface area (TPSA) is 116 Å². The van der Waals surface area contributed by atoms with Gasteiger partial charge in [-0.15, -0.1) is 0 Å². The van der Waals surface area contributed by atoms with Crippen molar-refractivity contribution >= 4 is 23.0 Å². The summed E-state index contributed by atoms with van der Waals surface area (Å²) in [4.78, 5) is 46.7. The standard InChI is InChI=1S/C43H48N6O4/c1-42(2,3)52-40(50)48-34-16-15-30(34)19-36(48)38-45-23-33(47-38)29-14-13-27-17-26(11-12-28(27)18-29)24-7-9-25(10-8-24)32-22-44-39(46-32)37-21-31-20-35(31)49(37)41(51)53-43(4,5)6/h7-14,17-18,22-23,30-31,34-37H,15-16,19-21H2,1-6H3,(H,44,46)(H,45,47)/t30-,31-,34-,35?,36+,37+/m1/s1. The van der Waals surface area contributed by atoms with Gasteiger partial charge in [0, 0.05) is 17.6 Å². The van der Waals surface area contributed by atoms with Crippen LogP contribution in [-0.4, -0.2) is 65.2 Å². The molecule has 4 fully saturated rings. The van der Waals surface area contributed by atoms with Crippen molar-refractivity contribution in [1.29, 1.82) is 0 Å². The van der Waals surface area contributed by atoms with E-state index in [1.165, 1.54) is 0 Å². The van der Waals surface area contributed by atoms with E-state index < -0.39 is 11.2 Å². The van der Waals surface area contributed by atoms with Crippen molar-refractivity contribution in [2.45, 2.75) is 109 Å². The minimum atomic E-state index is -0.540. The zero-order valence-electron chi connectivity index (χ0n) is 31.3. The van der Waals surface area contributed by atoms with E-state index in [1.54, 1.807) is 0 Å². The molecule has 10 nitrogen and oxygen atoms in total. The maximum Gasteiger partial charge on any atom is 0.411 e. The van der Waals surface area contributed by atoms with Crippen LogP contribution in [-0.2, 0) is 9.47 Å². The SMILES string of the molecule is CC(C)(C)OC(=O)N1C2C[C@@H]2C[C@H]1c1ncc(-c2ccc(-c3ccc4cc(-c5cnc([C@@H]6C[C@H]7CC[C@H]7N6C(=O)OC(C)(C)C)[nH]5)ccc4c3)cc2)[nH]1. The summed E-state index contributed by atoms with van der Waals surface area (Å²) in [6.07, 6.45) is 8.30. The molecule has 0 bridgehead atoms. The van der Waals surface area contributed by atoms with Crippen molar-refractivity contribution in [2.24, 2.45) is 11.8 Å². The van der Waals surface area contributed by atoms with Gasteiger partial charge in [-0.05, 0) is 125 Å². The monoisotopic (exact) mass is 712 g/mol. The number of nitrogens with zero attached hydrogens (tertiary/aromatic N) is 4. The average molecular weight is 713 g/mol. The lowest BCUT2D eigenvalue weighted by Crippen LogP contribution is -2.46. The summed E-state index contributed by atoms with van der Waals surface area (Å²) < 4.78 is 11.5. The number of aromatic amines is 2. The quantitative estimate of drug-likeness (QED) is 0.187. The van der Waals surface area contributed by atoms with E-state index in [9.17, 15) is 9.59 Å². The number of ether oxygens (including phenoxy) is 2. The van der Waals surface area contributed by atoms with Crippen molar-refractivity contribution in [3.63, 3.8) is 0 Å². The Kier molecular flexibility index (Phi) is 7.77. The van der Waals surface area contributed by atoms with Gasteiger partial charge in [-0.3, -0.25) is 9.80 Å². The molecule has 2 aromatic heterocycles. The van der Waals surface area contributed by atoms with Crippen molar-refractivity contribution < 1.29 is 19.1 Å². The van der Waals surface area contributed by atoms with Crippen molar-refractivity contribution in [2.75, 3.05) is 0 Å². The number of aromatic nitrogens is 4. The van der Waals surface area contributed by atoms with E-state index in [0.717, 1.165) is 88.2 Å². The number of hydrogen-bond donors (Lipinski definition) is 2. The molecule has 5 aromatic rings. The number of hydrogen-bond acceptors (Lipinski definition) is 6. The van der Waals surface area contributed by atoms with Gasteiger partial charge in [0.05, 0.1) is 35.9 Å². The lowest BCUT2D eigenvalue weighted by molar-refractivity contribution is 0.00472. The maximum absolute atomic E-state index is 13.2. The van der Waals surface area contributed by atoms with Gasteiger partial charge in [-0.2, -0.15) is 0 Å². The Labute approximate surface area is 310 Å². The summed E-state index contributed by atoms with van der Waals surface area (Å²) in [5.74, 6) is 2.68. The highest BCUT2D eigenvalue weighted by Gasteiger charge is 2.56. The Morgan fingerprint density at radius 2 is 1.09 bits per heavy atom. The molecule has 2 saturated heterocycles. The molecule has 0 spiro atoms. The fraction of sp³-hybridized carbons (Fsp3) is 0.442. The average Bonchev–Trinajstić information content (AvgIpc) is 3.51. The molecule has 4 heterocycles. The van der Waals surface area contributed by atoms with Gasteiger partial charge >= 0.3 is 12.2 Å². The van der Waals surface area contributed by atoms with Crippen molar-refractivity contribution in [3.05, 3.63) is 84.7 Å². The third-order valence-corrected chi connectivity index (χ3v) is 11.4. The lowest BCUT2D eigenvalue weighted by Gasteiger charge is -2.37. The van der Waals surface area contributed by atoms with Crippen LogP contribution in [0.2, 0.25) is 0 Å². The summed E-state index contributed by atoms with van der Waals surface area (Å²) >= 11 is 0. The summed E-state index contributed by atoms with van der Waals surface area (Å²) in [5.41, 5.74) is 5.17. The molecular weight excluding hydrogens is 665 g/mol. The number of fused-ring (bicyclic) bond motifs is 3. The van der Waals surface area contributed by atoms with Crippen LogP contribution in [0.4, 0.5) is 9.59 Å². The van der Waals surface area contributed by atoms with E-state index in [1.807, 2.05) is 63.7 Å². The van der Waals surface area contributed by atoms with Crippen LogP contribution in [0.5, 0.6) is 0 Å². The fourth-order valence-electron chi connectivity index (χ4n) is 8.66. The molecule has 2 aliphatic heterocycles. The third kappa shape index (κ3) is 6.36. The van der Waals surface area contributed by atoms with Crippen molar-refractivity contribution in [3.8, 4) is 33.6 Å². The number of H-pyrrole nitrogens is 2. The number of nitrogens with one attached hydrogen (secondary N) is 2. The molecule has 4 aliphatic rings. The molecule has 3 aromatic carbocycles. The number of piperidine rings is 1. The van der Waals surface area contributed by atoms with Crippen LogP contribution in [0.25, 0.3) is 44.4 Å². The van der Waals surface area contributed by atoms with Crippen LogP contribution < -0.4 is 0 Å². The maximum atomic E-state index is 13.2. The van der Waals surface area contributed by atoms with Gasteiger partial charge in [0.1, 0.15) is 22.9 Å². The summed E-state index contributed by atoms with van der Waals surface area (Å²) in [7, 11) is 0. The first-order valence-corrected chi connectivity index (χ1v) is 19.1. The van der Waals surface area contributed by atoms with Gasteiger partial charge in [0.15, 0.2) is 0 Å². The Morgan fingerprint density at radius 3 is 1.66 bits per heavy atom. The molecule has 2 N–H and O–H groups in total. The molecule has 274 valence electrons. The van der Waals surface area contributed by atoms with Crippen molar-refractivity contribution in [1.82, 2.24) is 29.7 Å². The predicted molar refractivity (Wildman–Crippen MR) is 204 cm³/mol. The van der Waals surface area contributed by atoms with E-state index >= 15 is 0 Å². The minimum absolute atomic E-state index is 0.0908. The zero-order chi connectivity index (χ0) is 36.8. The van der Waals surface area contributed by atoms with Crippen LogP contribution in [0.1, 0.15) is 97.4 Å². The first kappa shape index (κ1) is 33.7. The number of rotatable bonds is 5. The Hall–Kier alpha value is -5.12. The molecule has 10 heteroatoms.